The van der Waals surface area contributed by atoms with Crippen LogP contribution in [0.1, 0.15) is 0 Å². The molecule has 4 rings (SSSR count). The van der Waals surface area contributed by atoms with Gasteiger partial charge >= 0.3 is 0 Å². The van der Waals surface area contributed by atoms with Crippen molar-refractivity contribution < 1.29 is 4.74 Å². The van der Waals surface area contributed by atoms with E-state index in [4.69, 9.17) is 27.9 Å². The number of piperazine rings is 1. The van der Waals surface area contributed by atoms with Crippen LogP contribution >= 0.6 is 23.2 Å². The minimum absolute atomic E-state index is 0.173. The van der Waals surface area contributed by atoms with E-state index < -0.39 is 0 Å². The van der Waals surface area contributed by atoms with Crippen LogP contribution in [0.15, 0.2) is 59.5 Å². The summed E-state index contributed by atoms with van der Waals surface area (Å²) in [5.41, 5.74) is 2.05. The Hall–Kier alpha value is -2.70. The topological polar surface area (TPSA) is 50.6 Å². The molecule has 2 heterocycles. The van der Waals surface area contributed by atoms with E-state index in [0.717, 1.165) is 36.9 Å². The second kappa shape index (κ2) is 8.35. The Morgan fingerprint density at radius 1 is 0.931 bits per heavy atom. The summed E-state index contributed by atoms with van der Waals surface area (Å²) in [7, 11) is 1.59. The van der Waals surface area contributed by atoms with E-state index in [1.54, 1.807) is 37.6 Å². The van der Waals surface area contributed by atoms with Crippen molar-refractivity contribution in [2.24, 2.45) is 0 Å². The summed E-state index contributed by atoms with van der Waals surface area (Å²) in [4.78, 5) is 17.2. The highest BCUT2D eigenvalue weighted by Gasteiger charge is 2.22. The average Bonchev–Trinajstić information content (AvgIpc) is 2.76. The molecule has 0 unspecified atom stereocenters. The molecule has 1 aromatic heterocycles. The third-order valence-corrected chi connectivity index (χ3v) is 5.60. The first-order valence-corrected chi connectivity index (χ1v) is 10.00. The van der Waals surface area contributed by atoms with Crippen LogP contribution in [-0.2, 0) is 0 Å². The fourth-order valence-electron chi connectivity index (χ4n) is 3.43. The molecule has 1 aliphatic heterocycles. The Labute approximate surface area is 178 Å². The number of hydrogen-bond donors (Lipinski definition) is 0. The van der Waals surface area contributed by atoms with E-state index >= 15 is 0 Å². The number of hydrogen-bond acceptors (Lipinski definition) is 5. The molecule has 0 N–H and O–H groups in total. The fourth-order valence-corrected chi connectivity index (χ4v) is 3.86. The van der Waals surface area contributed by atoms with Crippen LogP contribution in [0.5, 0.6) is 5.75 Å². The average molecular weight is 431 g/mol. The molecule has 0 amide bonds. The van der Waals surface area contributed by atoms with Gasteiger partial charge in [-0.15, -0.1) is 0 Å². The lowest BCUT2D eigenvalue weighted by Gasteiger charge is -2.37. The number of ether oxygens (including phenoxy) is 1. The molecule has 1 aliphatic rings. The van der Waals surface area contributed by atoms with Crippen LogP contribution in [0.25, 0.3) is 5.69 Å². The van der Waals surface area contributed by atoms with Gasteiger partial charge in [0.25, 0.3) is 5.56 Å². The zero-order valence-electron chi connectivity index (χ0n) is 15.9. The number of anilines is 2. The molecule has 8 heteroatoms. The maximum absolute atomic E-state index is 12.8. The lowest BCUT2D eigenvalue weighted by molar-refractivity contribution is 0.414. The monoisotopic (exact) mass is 430 g/mol. The van der Waals surface area contributed by atoms with Crippen molar-refractivity contribution in [1.29, 1.82) is 0 Å². The minimum atomic E-state index is -0.341. The first-order valence-electron chi connectivity index (χ1n) is 9.24. The zero-order chi connectivity index (χ0) is 20.4. The molecule has 0 radical (unpaired) electrons. The summed E-state index contributed by atoms with van der Waals surface area (Å²) in [5.74, 6) is 0.710. The van der Waals surface area contributed by atoms with Crippen molar-refractivity contribution in [2.75, 3.05) is 43.1 Å². The van der Waals surface area contributed by atoms with Crippen molar-refractivity contribution in [3.05, 3.63) is 75.1 Å². The third-order valence-electron chi connectivity index (χ3n) is 5.01. The minimum Gasteiger partial charge on any atom is -0.497 e. The molecule has 2 aromatic carbocycles. The lowest BCUT2D eigenvalue weighted by Crippen LogP contribution is -2.47. The van der Waals surface area contributed by atoms with E-state index in [1.807, 2.05) is 24.3 Å². The normalized spacial score (nSPS) is 14.2. The lowest BCUT2D eigenvalue weighted by atomic mass is 10.2. The summed E-state index contributed by atoms with van der Waals surface area (Å²) in [5, 5.41) is 5.23. The van der Waals surface area contributed by atoms with Crippen molar-refractivity contribution in [3.63, 3.8) is 0 Å². The molecular weight excluding hydrogens is 411 g/mol. The fraction of sp³-hybridized carbons (Fsp3) is 0.238. The van der Waals surface area contributed by atoms with Crippen molar-refractivity contribution in [3.8, 4) is 11.4 Å². The Kier molecular flexibility index (Phi) is 5.65. The van der Waals surface area contributed by atoms with Gasteiger partial charge in [0.05, 0.1) is 24.7 Å². The molecule has 6 nitrogen and oxygen atoms in total. The first kappa shape index (κ1) is 19.6. The molecule has 0 aliphatic carbocycles. The quantitative estimate of drug-likeness (QED) is 0.628. The van der Waals surface area contributed by atoms with Crippen molar-refractivity contribution >= 4 is 34.6 Å². The maximum atomic E-state index is 12.8. The summed E-state index contributed by atoms with van der Waals surface area (Å²) in [6.45, 7) is 3.08. The van der Waals surface area contributed by atoms with Gasteiger partial charge in [0.1, 0.15) is 10.8 Å². The predicted octanol–water partition coefficient (Wildman–Crippen LogP) is 3.87. The number of methoxy groups -OCH3 is 1. The van der Waals surface area contributed by atoms with Crippen molar-refractivity contribution in [2.45, 2.75) is 0 Å². The highest BCUT2D eigenvalue weighted by Crippen LogP contribution is 2.26. The molecule has 0 atom stereocenters. The summed E-state index contributed by atoms with van der Waals surface area (Å²) < 4.78 is 6.45. The highest BCUT2D eigenvalue weighted by atomic mass is 35.5. The molecule has 3 aromatic rings. The smallest absolute Gasteiger partial charge is 0.292 e. The van der Waals surface area contributed by atoms with Gasteiger partial charge in [-0.05, 0) is 42.5 Å². The van der Waals surface area contributed by atoms with Crippen LogP contribution in [0.4, 0.5) is 11.4 Å². The summed E-state index contributed by atoms with van der Waals surface area (Å²) in [6.07, 6.45) is 1.66. The van der Waals surface area contributed by atoms with Gasteiger partial charge in [0, 0.05) is 36.9 Å². The molecule has 150 valence electrons. The van der Waals surface area contributed by atoms with E-state index in [2.05, 4.69) is 14.9 Å². The van der Waals surface area contributed by atoms with Gasteiger partial charge in [0.2, 0.25) is 0 Å². The molecular formula is C21H20Cl2N4O2. The molecule has 29 heavy (non-hydrogen) atoms. The number of aromatic nitrogens is 2. The summed E-state index contributed by atoms with van der Waals surface area (Å²) in [6, 6.07) is 14.9. The number of nitrogens with zero attached hydrogens (tertiary/aromatic N) is 4. The van der Waals surface area contributed by atoms with Crippen molar-refractivity contribution in [1.82, 2.24) is 9.78 Å². The Bertz CT molecular complexity index is 1060. The predicted molar refractivity (Wildman–Crippen MR) is 117 cm³/mol. The van der Waals surface area contributed by atoms with Gasteiger partial charge in [-0.2, -0.15) is 9.78 Å². The number of benzene rings is 2. The maximum Gasteiger partial charge on any atom is 0.292 e. The molecule has 1 saturated heterocycles. The Balaban J connectivity index is 1.52. The van der Waals surface area contributed by atoms with Crippen LogP contribution in [0.2, 0.25) is 10.0 Å². The Morgan fingerprint density at radius 2 is 1.62 bits per heavy atom. The second-order valence-corrected chi connectivity index (χ2v) is 7.53. The van der Waals surface area contributed by atoms with Crippen LogP contribution in [0.3, 0.4) is 0 Å². The molecule has 0 saturated carbocycles. The largest absolute Gasteiger partial charge is 0.497 e. The van der Waals surface area contributed by atoms with E-state index in [9.17, 15) is 4.79 Å². The van der Waals surface area contributed by atoms with Gasteiger partial charge in [0.15, 0.2) is 0 Å². The van der Waals surface area contributed by atoms with E-state index in [1.165, 1.54) is 4.68 Å². The summed E-state index contributed by atoms with van der Waals surface area (Å²) >= 11 is 12.5. The molecule has 1 fully saturated rings. The van der Waals surface area contributed by atoms with E-state index in [0.29, 0.717) is 17.1 Å². The van der Waals surface area contributed by atoms with Gasteiger partial charge in [-0.3, -0.25) is 4.79 Å². The second-order valence-electron chi connectivity index (χ2n) is 6.71. The standard InChI is InChI=1S/C21H20Cl2N4O2/c1-29-18-7-5-16(6-8-18)27-21(28)20(23)19(14-24-27)26-11-9-25(10-12-26)17-4-2-3-15(22)13-17/h2-8,13-14H,9-12H2,1H3. The van der Waals surface area contributed by atoms with Crippen LogP contribution in [-0.4, -0.2) is 43.1 Å². The van der Waals surface area contributed by atoms with E-state index in [-0.39, 0.29) is 10.6 Å². The first-order chi connectivity index (χ1) is 14.1. The highest BCUT2D eigenvalue weighted by molar-refractivity contribution is 6.33. The number of rotatable bonds is 4. The Morgan fingerprint density at radius 3 is 2.28 bits per heavy atom. The molecule has 0 spiro atoms. The van der Waals surface area contributed by atoms with Gasteiger partial charge < -0.3 is 14.5 Å². The SMILES string of the molecule is COc1ccc(-n2ncc(N3CCN(c4cccc(Cl)c4)CC3)c(Cl)c2=O)cc1. The van der Waals surface area contributed by atoms with Gasteiger partial charge in [-0.1, -0.05) is 29.3 Å². The van der Waals surface area contributed by atoms with Crippen LogP contribution in [0, 0.1) is 0 Å². The zero-order valence-corrected chi connectivity index (χ0v) is 17.4. The third kappa shape index (κ3) is 4.04. The van der Waals surface area contributed by atoms with Gasteiger partial charge in [-0.25, -0.2) is 0 Å². The van der Waals surface area contributed by atoms with Crippen LogP contribution < -0.4 is 20.1 Å². The number of halogens is 2. The molecule has 0 bridgehead atoms.